The molecule has 0 unspecified atom stereocenters. The van der Waals surface area contributed by atoms with Gasteiger partial charge in [-0.1, -0.05) is 6.92 Å². The quantitative estimate of drug-likeness (QED) is 0.791. The molecule has 0 aliphatic carbocycles. The van der Waals surface area contributed by atoms with E-state index in [4.69, 9.17) is 9.47 Å². The smallest absolute Gasteiger partial charge is 0.176 e. The van der Waals surface area contributed by atoms with E-state index in [-0.39, 0.29) is 29.2 Å². The Morgan fingerprint density at radius 3 is 2.75 bits per heavy atom. The minimum Gasteiger partial charge on any atom is -0.507 e. The maximum absolute atomic E-state index is 12.4. The van der Waals surface area contributed by atoms with Gasteiger partial charge in [0.15, 0.2) is 5.78 Å². The summed E-state index contributed by atoms with van der Waals surface area (Å²) in [5.74, 6) is 0.814. The van der Waals surface area contributed by atoms with E-state index in [1.807, 2.05) is 27.7 Å². The molecule has 0 radical (unpaired) electrons. The Hall–Kier alpha value is -1.71. The third-order valence-electron chi connectivity index (χ3n) is 4.35. The number of benzene rings is 1. The van der Waals surface area contributed by atoms with Gasteiger partial charge in [-0.3, -0.25) is 4.79 Å². The van der Waals surface area contributed by atoms with Crippen LogP contribution in [0.5, 0.6) is 17.2 Å². The lowest BCUT2D eigenvalue weighted by atomic mass is 9.86. The summed E-state index contributed by atoms with van der Waals surface area (Å²) >= 11 is 0. The molecule has 0 bridgehead atoms. The number of Topliss-reactive ketones (excluding diaryl/α,β-unsaturated/α-hetero) is 1. The fraction of sp³-hybridized carbons (Fsp3) is 0.562. The summed E-state index contributed by atoms with van der Waals surface area (Å²) in [5.41, 5.74) is 0.965. The first kappa shape index (κ1) is 13.3. The number of ether oxygens (including phenoxy) is 2. The van der Waals surface area contributed by atoms with Gasteiger partial charge in [-0.25, -0.2) is 0 Å². The third kappa shape index (κ3) is 1.86. The minimum atomic E-state index is -0.259. The van der Waals surface area contributed by atoms with Crippen LogP contribution in [-0.4, -0.2) is 22.6 Å². The summed E-state index contributed by atoms with van der Waals surface area (Å²) in [5, 5.41) is 10.2. The molecule has 2 atom stereocenters. The zero-order valence-corrected chi connectivity index (χ0v) is 12.3. The van der Waals surface area contributed by atoms with Gasteiger partial charge in [0.25, 0.3) is 0 Å². The van der Waals surface area contributed by atoms with Gasteiger partial charge in [0, 0.05) is 11.6 Å². The Bertz CT molecular complexity index is 589. The molecule has 0 saturated heterocycles. The molecule has 3 rings (SSSR count). The maximum Gasteiger partial charge on any atom is 0.176 e. The summed E-state index contributed by atoms with van der Waals surface area (Å²) in [6.07, 6.45) is 1.47. The molecule has 4 nitrogen and oxygen atoms in total. The Morgan fingerprint density at radius 1 is 1.35 bits per heavy atom. The molecule has 20 heavy (non-hydrogen) atoms. The van der Waals surface area contributed by atoms with Gasteiger partial charge in [-0.2, -0.15) is 0 Å². The number of hydrogen-bond donors (Lipinski definition) is 1. The first-order valence-corrected chi connectivity index (χ1v) is 7.09. The van der Waals surface area contributed by atoms with E-state index in [2.05, 4.69) is 0 Å². The number of carbonyl (C=O) groups is 1. The molecule has 2 aliphatic heterocycles. The molecule has 4 heteroatoms. The van der Waals surface area contributed by atoms with Crippen LogP contribution in [0.2, 0.25) is 0 Å². The van der Waals surface area contributed by atoms with Crippen molar-refractivity contribution in [2.45, 2.75) is 52.2 Å². The molecule has 2 heterocycles. The molecule has 2 aliphatic rings. The lowest BCUT2D eigenvalue weighted by molar-refractivity contribution is 0.0675. The highest BCUT2D eigenvalue weighted by Gasteiger charge is 2.39. The van der Waals surface area contributed by atoms with E-state index < -0.39 is 0 Å². The average molecular weight is 276 g/mol. The molecule has 0 spiro atoms. The van der Waals surface area contributed by atoms with Gasteiger partial charge in [0.2, 0.25) is 0 Å². The number of phenols is 1. The second-order valence-electron chi connectivity index (χ2n) is 6.41. The second-order valence-corrected chi connectivity index (χ2v) is 6.41. The van der Waals surface area contributed by atoms with Crippen molar-refractivity contribution in [3.63, 3.8) is 0 Å². The number of phenolic OH excluding ortho intramolecular Hbond substituents is 1. The van der Waals surface area contributed by atoms with E-state index in [0.29, 0.717) is 17.1 Å². The van der Waals surface area contributed by atoms with Crippen LogP contribution in [0.4, 0.5) is 0 Å². The predicted molar refractivity (Wildman–Crippen MR) is 74.7 cm³/mol. The van der Waals surface area contributed by atoms with E-state index >= 15 is 0 Å². The summed E-state index contributed by atoms with van der Waals surface area (Å²) < 4.78 is 11.8. The Balaban J connectivity index is 2.17. The van der Waals surface area contributed by atoms with Crippen LogP contribution in [0, 0.1) is 5.92 Å². The number of aromatic hydroxyl groups is 1. The van der Waals surface area contributed by atoms with Crippen molar-refractivity contribution < 1.29 is 19.4 Å². The molecule has 108 valence electrons. The van der Waals surface area contributed by atoms with Crippen molar-refractivity contribution in [1.29, 1.82) is 0 Å². The highest BCUT2D eigenvalue weighted by molar-refractivity contribution is 6.04. The molecule has 0 amide bonds. The van der Waals surface area contributed by atoms with Gasteiger partial charge < -0.3 is 14.6 Å². The number of hydrogen-bond acceptors (Lipinski definition) is 4. The van der Waals surface area contributed by atoms with E-state index in [9.17, 15) is 9.90 Å². The molecule has 1 N–H and O–H groups in total. The van der Waals surface area contributed by atoms with Gasteiger partial charge in [-0.05, 0) is 33.6 Å². The Labute approximate surface area is 118 Å². The fourth-order valence-electron chi connectivity index (χ4n) is 2.86. The van der Waals surface area contributed by atoms with E-state index in [1.165, 1.54) is 0 Å². The molecule has 1 aromatic carbocycles. The SMILES string of the molecule is C[C@@H]1C(=O)c2c(O)cc3c(c2O[C@@H]1C)CCC(C)(C)O3. The van der Waals surface area contributed by atoms with Gasteiger partial charge in [-0.15, -0.1) is 0 Å². The van der Waals surface area contributed by atoms with Crippen LogP contribution in [-0.2, 0) is 6.42 Å². The fourth-order valence-corrected chi connectivity index (χ4v) is 2.86. The van der Waals surface area contributed by atoms with Crippen molar-refractivity contribution in [2.24, 2.45) is 5.92 Å². The van der Waals surface area contributed by atoms with Crippen LogP contribution in [0.1, 0.15) is 50.0 Å². The van der Waals surface area contributed by atoms with Gasteiger partial charge in [0.1, 0.15) is 34.5 Å². The van der Waals surface area contributed by atoms with E-state index in [0.717, 1.165) is 18.4 Å². The first-order valence-electron chi connectivity index (χ1n) is 7.09. The second kappa shape index (κ2) is 4.14. The van der Waals surface area contributed by atoms with Crippen LogP contribution >= 0.6 is 0 Å². The third-order valence-corrected chi connectivity index (χ3v) is 4.35. The number of rotatable bonds is 0. The first-order chi connectivity index (χ1) is 9.30. The van der Waals surface area contributed by atoms with Crippen molar-refractivity contribution in [2.75, 3.05) is 0 Å². The summed E-state index contributed by atoms with van der Waals surface area (Å²) in [6.45, 7) is 7.75. The number of fused-ring (bicyclic) bond motifs is 3. The van der Waals surface area contributed by atoms with Crippen LogP contribution < -0.4 is 9.47 Å². The summed E-state index contributed by atoms with van der Waals surface area (Å²) in [7, 11) is 0. The molecule has 0 aromatic heterocycles. The van der Waals surface area contributed by atoms with Gasteiger partial charge in [0.05, 0.1) is 5.92 Å². The van der Waals surface area contributed by atoms with Crippen molar-refractivity contribution in [3.8, 4) is 17.2 Å². The Kier molecular flexibility index (Phi) is 2.75. The summed E-state index contributed by atoms with van der Waals surface area (Å²) in [4.78, 5) is 12.4. The van der Waals surface area contributed by atoms with Gasteiger partial charge >= 0.3 is 0 Å². The Morgan fingerprint density at radius 2 is 2.05 bits per heavy atom. The van der Waals surface area contributed by atoms with Crippen molar-refractivity contribution in [1.82, 2.24) is 0 Å². The number of carbonyl (C=O) groups excluding carboxylic acids is 1. The largest absolute Gasteiger partial charge is 0.507 e. The van der Waals surface area contributed by atoms with Crippen LogP contribution in [0.25, 0.3) is 0 Å². The topological polar surface area (TPSA) is 55.8 Å². The maximum atomic E-state index is 12.4. The highest BCUT2D eigenvalue weighted by atomic mass is 16.5. The zero-order valence-electron chi connectivity index (χ0n) is 12.3. The standard InChI is InChI=1S/C16H20O4/c1-8-9(2)19-15-10-5-6-16(3,4)20-12(10)7-11(17)13(15)14(8)18/h7-9,17H,5-6H2,1-4H3/t8-,9+/m0/s1. The zero-order chi connectivity index (χ0) is 14.7. The normalized spacial score (nSPS) is 27.1. The predicted octanol–water partition coefficient (Wildman–Crippen LogP) is 3.10. The molecule has 0 fully saturated rings. The molecule has 0 saturated carbocycles. The summed E-state index contributed by atoms with van der Waals surface area (Å²) in [6, 6.07) is 1.55. The molecular weight excluding hydrogens is 256 g/mol. The highest BCUT2D eigenvalue weighted by Crippen LogP contribution is 2.47. The van der Waals surface area contributed by atoms with Crippen molar-refractivity contribution in [3.05, 3.63) is 17.2 Å². The molecular formula is C16H20O4. The van der Waals surface area contributed by atoms with Crippen molar-refractivity contribution >= 4 is 5.78 Å². The molecule has 1 aromatic rings. The van der Waals surface area contributed by atoms with Crippen LogP contribution in [0.15, 0.2) is 6.07 Å². The lowest BCUT2D eigenvalue weighted by Crippen LogP contribution is -2.36. The monoisotopic (exact) mass is 276 g/mol. The minimum absolute atomic E-state index is 0.0415. The number of ketones is 1. The van der Waals surface area contributed by atoms with Crippen LogP contribution in [0.3, 0.4) is 0 Å². The lowest BCUT2D eigenvalue weighted by Gasteiger charge is -2.36. The van der Waals surface area contributed by atoms with E-state index in [1.54, 1.807) is 6.07 Å². The average Bonchev–Trinajstić information content (AvgIpc) is 2.34.